The average Bonchev–Trinajstić information content (AvgIpc) is 2.60. The number of pyridine rings is 1. The van der Waals surface area contributed by atoms with Gasteiger partial charge in [0, 0.05) is 29.9 Å². The van der Waals surface area contributed by atoms with Crippen LogP contribution in [-0.2, 0) is 0 Å². The van der Waals surface area contributed by atoms with Gasteiger partial charge >= 0.3 is 0 Å². The number of nitriles is 1. The third-order valence-corrected chi connectivity index (χ3v) is 4.69. The summed E-state index contributed by atoms with van der Waals surface area (Å²) in [5, 5.41) is 10.5. The van der Waals surface area contributed by atoms with Gasteiger partial charge in [-0.1, -0.05) is 22.9 Å². The Morgan fingerprint density at radius 1 is 1.25 bits per heavy atom. The number of nitrogens with zero attached hydrogens (tertiary/aromatic N) is 4. The molecule has 0 fully saturated rings. The molecule has 1 aromatic carbocycles. The van der Waals surface area contributed by atoms with Crippen molar-refractivity contribution in [2.45, 2.75) is 12.8 Å². The molecule has 0 saturated carbocycles. The topological polar surface area (TPSA) is 69.9 Å². The lowest BCUT2D eigenvalue weighted by Crippen LogP contribution is -2.21. The summed E-state index contributed by atoms with van der Waals surface area (Å²) in [6.07, 6.45) is 2.76. The maximum Gasteiger partial charge on any atom is 0.282 e. The third kappa shape index (κ3) is 3.53. The molecule has 2 aromatic heterocycles. The van der Waals surface area contributed by atoms with Gasteiger partial charge in [0.15, 0.2) is 5.13 Å². The molecule has 0 aliphatic carbocycles. The number of anilines is 2. The van der Waals surface area contributed by atoms with Gasteiger partial charge in [-0.2, -0.15) is 10.2 Å². The van der Waals surface area contributed by atoms with Crippen LogP contribution in [0.1, 0.15) is 12.8 Å². The van der Waals surface area contributed by atoms with Crippen LogP contribution in [0.15, 0.2) is 47.4 Å². The van der Waals surface area contributed by atoms with Crippen molar-refractivity contribution < 1.29 is 0 Å². The van der Waals surface area contributed by atoms with Crippen LogP contribution in [0.5, 0.6) is 0 Å². The molecule has 0 unspecified atom stereocenters. The molecule has 0 bridgehead atoms. The van der Waals surface area contributed by atoms with Crippen LogP contribution in [-0.4, -0.2) is 16.5 Å². The number of unbranched alkanes of at least 4 members (excludes halogenated alkanes) is 1. The first-order valence-corrected chi connectivity index (χ1v) is 8.54. The smallest absolute Gasteiger partial charge is 0.282 e. The molecule has 0 amide bonds. The zero-order valence-electron chi connectivity index (χ0n) is 12.6. The van der Waals surface area contributed by atoms with Gasteiger partial charge in [0.25, 0.3) is 5.56 Å². The van der Waals surface area contributed by atoms with E-state index in [-0.39, 0.29) is 5.56 Å². The van der Waals surface area contributed by atoms with Gasteiger partial charge in [0.05, 0.1) is 11.5 Å². The lowest BCUT2D eigenvalue weighted by molar-refractivity contribution is 0.827. The molecule has 5 nitrogen and oxygen atoms in total. The fraction of sp³-hybridized carbons (Fsp3) is 0.176. The van der Waals surface area contributed by atoms with Crippen molar-refractivity contribution in [2.24, 2.45) is 0 Å². The summed E-state index contributed by atoms with van der Waals surface area (Å²) in [5.41, 5.74) is 0.571. The van der Waals surface area contributed by atoms with Crippen LogP contribution < -0.4 is 10.5 Å². The first kappa shape index (κ1) is 16.4. The van der Waals surface area contributed by atoms with E-state index in [4.69, 9.17) is 16.9 Å². The molecule has 0 aliphatic heterocycles. The van der Waals surface area contributed by atoms with Crippen LogP contribution >= 0.6 is 22.9 Å². The third-order valence-electron chi connectivity index (χ3n) is 3.43. The maximum atomic E-state index is 12.3. The zero-order chi connectivity index (χ0) is 16.9. The maximum absolute atomic E-state index is 12.3. The molecule has 7 heteroatoms. The van der Waals surface area contributed by atoms with Crippen LogP contribution in [0.3, 0.4) is 0 Å². The molecular formula is C17H13ClN4OS. The van der Waals surface area contributed by atoms with E-state index in [0.717, 1.165) is 5.69 Å². The number of hydrogen-bond acceptors (Lipinski definition) is 6. The number of aromatic nitrogens is 2. The summed E-state index contributed by atoms with van der Waals surface area (Å²) in [4.78, 5) is 23.3. The van der Waals surface area contributed by atoms with Gasteiger partial charge in [-0.05, 0) is 42.8 Å². The molecule has 0 spiro atoms. The van der Waals surface area contributed by atoms with Gasteiger partial charge in [0.1, 0.15) is 4.83 Å². The second kappa shape index (κ2) is 7.39. The van der Waals surface area contributed by atoms with Crippen LogP contribution in [0.25, 0.3) is 10.2 Å². The fourth-order valence-corrected chi connectivity index (χ4v) is 3.39. The van der Waals surface area contributed by atoms with Crippen molar-refractivity contribution >= 4 is 44.0 Å². The van der Waals surface area contributed by atoms with Gasteiger partial charge in [-0.15, -0.1) is 0 Å². The Bertz CT molecular complexity index is 949. The second-order valence-electron chi connectivity index (χ2n) is 5.05. The van der Waals surface area contributed by atoms with E-state index in [9.17, 15) is 4.79 Å². The van der Waals surface area contributed by atoms with E-state index >= 15 is 0 Å². The van der Waals surface area contributed by atoms with Crippen molar-refractivity contribution in [3.63, 3.8) is 0 Å². The van der Waals surface area contributed by atoms with E-state index in [2.05, 4.69) is 16.0 Å². The van der Waals surface area contributed by atoms with Crippen molar-refractivity contribution in [3.8, 4) is 6.07 Å². The Morgan fingerprint density at radius 2 is 2.04 bits per heavy atom. The van der Waals surface area contributed by atoms with Crippen molar-refractivity contribution in [1.29, 1.82) is 5.26 Å². The highest BCUT2D eigenvalue weighted by Crippen LogP contribution is 2.30. The standard InChI is InChI=1S/C17H13ClN4OS/c18-12-5-7-13(8-6-12)22(11-2-1-9-19)17-21-15(23)14-4-3-10-20-16(14)24-17/h3-8,10H,1-2,11H2. The first-order valence-electron chi connectivity index (χ1n) is 7.35. The van der Waals surface area contributed by atoms with Crippen LogP contribution in [0.2, 0.25) is 5.02 Å². The molecule has 2 heterocycles. The predicted molar refractivity (Wildman–Crippen MR) is 97.0 cm³/mol. The summed E-state index contributed by atoms with van der Waals surface area (Å²) in [6.45, 7) is 0.580. The first-order chi connectivity index (χ1) is 11.7. The molecule has 120 valence electrons. The molecule has 0 saturated heterocycles. The highest BCUT2D eigenvalue weighted by molar-refractivity contribution is 7.21. The summed E-state index contributed by atoms with van der Waals surface area (Å²) in [5.74, 6) is 0. The van der Waals surface area contributed by atoms with E-state index in [1.54, 1.807) is 30.5 Å². The molecule has 0 atom stereocenters. The molecule has 24 heavy (non-hydrogen) atoms. The zero-order valence-corrected chi connectivity index (χ0v) is 14.2. The molecule has 0 radical (unpaired) electrons. The molecular weight excluding hydrogens is 344 g/mol. The number of fused-ring (bicyclic) bond motifs is 1. The van der Waals surface area contributed by atoms with Crippen molar-refractivity contribution in [1.82, 2.24) is 9.97 Å². The Balaban J connectivity index is 2.06. The van der Waals surface area contributed by atoms with Crippen molar-refractivity contribution in [3.05, 3.63) is 58.0 Å². The fourth-order valence-electron chi connectivity index (χ4n) is 2.28. The van der Waals surface area contributed by atoms with E-state index in [1.807, 2.05) is 17.0 Å². The summed E-state index contributed by atoms with van der Waals surface area (Å²) in [6, 6.07) is 12.9. The summed E-state index contributed by atoms with van der Waals surface area (Å²) in [7, 11) is 0. The van der Waals surface area contributed by atoms with Gasteiger partial charge in [-0.3, -0.25) is 4.79 Å². The normalized spacial score (nSPS) is 10.5. The minimum Gasteiger partial charge on any atom is -0.318 e. The van der Waals surface area contributed by atoms with Crippen LogP contribution in [0, 0.1) is 11.3 Å². The van der Waals surface area contributed by atoms with Gasteiger partial charge in [-0.25, -0.2) is 4.98 Å². The van der Waals surface area contributed by atoms with Gasteiger partial charge in [0.2, 0.25) is 0 Å². The quantitative estimate of drug-likeness (QED) is 0.642. The van der Waals surface area contributed by atoms with E-state index < -0.39 is 0 Å². The second-order valence-corrected chi connectivity index (χ2v) is 6.44. The Hall–Kier alpha value is -2.49. The molecule has 3 aromatic rings. The SMILES string of the molecule is N#CCCCN(c1ccc(Cl)cc1)c1nc(=O)c2cccnc2s1. The van der Waals surface area contributed by atoms with E-state index in [1.165, 1.54) is 11.3 Å². The van der Waals surface area contributed by atoms with Gasteiger partial charge < -0.3 is 4.90 Å². The Kier molecular flexibility index (Phi) is 5.04. The molecule has 0 aliphatic rings. The molecule has 3 rings (SSSR count). The average molecular weight is 357 g/mol. The number of hydrogen-bond donors (Lipinski definition) is 0. The minimum absolute atomic E-state index is 0.300. The van der Waals surface area contributed by atoms with Crippen LogP contribution in [0.4, 0.5) is 10.8 Å². The lowest BCUT2D eigenvalue weighted by Gasteiger charge is -2.22. The van der Waals surface area contributed by atoms with E-state index in [0.29, 0.717) is 39.8 Å². The number of benzene rings is 1. The largest absolute Gasteiger partial charge is 0.318 e. The highest BCUT2D eigenvalue weighted by atomic mass is 35.5. The van der Waals surface area contributed by atoms with Crippen molar-refractivity contribution in [2.75, 3.05) is 11.4 Å². The number of rotatable bonds is 5. The monoisotopic (exact) mass is 356 g/mol. The molecule has 0 N–H and O–H groups in total. The predicted octanol–water partition coefficient (Wildman–Crippen LogP) is 4.15. The highest BCUT2D eigenvalue weighted by Gasteiger charge is 2.14. The number of halogens is 1. The minimum atomic E-state index is -0.300. The summed E-state index contributed by atoms with van der Waals surface area (Å²) >= 11 is 7.31. The Labute approximate surface area is 147 Å². The lowest BCUT2D eigenvalue weighted by atomic mass is 10.2. The summed E-state index contributed by atoms with van der Waals surface area (Å²) < 4.78 is 0. The Morgan fingerprint density at radius 3 is 2.79 bits per heavy atom.